The Morgan fingerprint density at radius 1 is 0.962 bits per heavy atom. The summed E-state index contributed by atoms with van der Waals surface area (Å²) in [6.45, 7) is 0.0814. The van der Waals surface area contributed by atoms with E-state index in [0.717, 1.165) is 18.7 Å². The van der Waals surface area contributed by atoms with Crippen LogP contribution in [0.3, 0.4) is 0 Å². The van der Waals surface area contributed by atoms with Crippen LogP contribution in [0.2, 0.25) is 0 Å². The second kappa shape index (κ2) is 8.47. The Labute approximate surface area is 151 Å². The Balaban J connectivity index is 1.51. The molecule has 0 aliphatic carbocycles. The van der Waals surface area contributed by atoms with Crippen LogP contribution in [0.25, 0.3) is 6.08 Å². The molecular weight excluding hydrogens is 338 g/mol. The zero-order valence-electron chi connectivity index (χ0n) is 14.2. The zero-order chi connectivity index (χ0) is 18.4. The molecule has 1 heterocycles. The number of piperazine rings is 1. The molecule has 0 N–H and O–H groups in total. The van der Waals surface area contributed by atoms with Gasteiger partial charge in [0.25, 0.3) is 0 Å². The molecule has 1 aliphatic heterocycles. The average Bonchev–Trinajstić information content (AvgIpc) is 2.67. The third-order valence-corrected chi connectivity index (χ3v) is 4.24. The molecule has 1 amide bonds. The highest BCUT2D eigenvalue weighted by molar-refractivity contribution is 5.92. The molecule has 0 bridgehead atoms. The van der Waals surface area contributed by atoms with Gasteiger partial charge in [0.15, 0.2) is 0 Å². The van der Waals surface area contributed by atoms with Gasteiger partial charge in [-0.2, -0.15) is 8.78 Å². The lowest BCUT2D eigenvalue weighted by Crippen LogP contribution is -2.48. The third kappa shape index (κ3) is 4.81. The zero-order valence-corrected chi connectivity index (χ0v) is 14.2. The number of benzene rings is 2. The molecule has 0 unspecified atom stereocenters. The van der Waals surface area contributed by atoms with Crippen LogP contribution in [-0.2, 0) is 4.79 Å². The maximum Gasteiger partial charge on any atom is 0.387 e. The average molecular weight is 358 g/mol. The van der Waals surface area contributed by atoms with Crippen molar-refractivity contribution < 1.29 is 18.3 Å². The number of nitrogens with zero attached hydrogens (tertiary/aromatic N) is 2. The maximum absolute atomic E-state index is 12.3. The minimum Gasteiger partial charge on any atom is -0.435 e. The van der Waals surface area contributed by atoms with Crippen LogP contribution in [0.4, 0.5) is 14.5 Å². The van der Waals surface area contributed by atoms with Gasteiger partial charge in [0.1, 0.15) is 5.75 Å². The minimum atomic E-state index is -2.84. The van der Waals surface area contributed by atoms with Gasteiger partial charge >= 0.3 is 6.61 Å². The summed E-state index contributed by atoms with van der Waals surface area (Å²) in [5.41, 5.74) is 1.92. The smallest absolute Gasteiger partial charge is 0.387 e. The van der Waals surface area contributed by atoms with Gasteiger partial charge in [-0.1, -0.05) is 30.3 Å². The summed E-state index contributed by atoms with van der Waals surface area (Å²) in [4.78, 5) is 16.4. The highest BCUT2D eigenvalue weighted by Gasteiger charge is 2.19. The highest BCUT2D eigenvalue weighted by Crippen LogP contribution is 2.17. The molecule has 0 atom stereocenters. The van der Waals surface area contributed by atoms with Gasteiger partial charge in [0.2, 0.25) is 5.91 Å². The minimum absolute atomic E-state index is 0.0504. The number of halogens is 2. The second-order valence-electron chi connectivity index (χ2n) is 5.93. The largest absolute Gasteiger partial charge is 0.435 e. The van der Waals surface area contributed by atoms with Gasteiger partial charge < -0.3 is 14.5 Å². The van der Waals surface area contributed by atoms with Crippen molar-refractivity contribution in [1.82, 2.24) is 4.90 Å². The standard InChI is InChI=1S/C20H20F2N2O2/c21-20(22)26-18-9-6-16(7-10-18)8-11-19(25)24-14-12-23(13-15-24)17-4-2-1-3-5-17/h1-11,20H,12-15H2/b11-8+. The van der Waals surface area contributed by atoms with Crippen molar-refractivity contribution in [3.63, 3.8) is 0 Å². The quantitative estimate of drug-likeness (QED) is 0.765. The molecule has 1 aliphatic rings. The molecule has 0 aromatic heterocycles. The molecule has 4 nitrogen and oxygen atoms in total. The monoisotopic (exact) mass is 358 g/mol. The van der Waals surface area contributed by atoms with Crippen LogP contribution in [0, 0.1) is 0 Å². The number of anilines is 1. The van der Waals surface area contributed by atoms with E-state index in [1.807, 2.05) is 23.1 Å². The van der Waals surface area contributed by atoms with Crippen molar-refractivity contribution in [2.75, 3.05) is 31.1 Å². The van der Waals surface area contributed by atoms with Gasteiger partial charge in [-0.3, -0.25) is 4.79 Å². The van der Waals surface area contributed by atoms with E-state index in [4.69, 9.17) is 0 Å². The second-order valence-corrected chi connectivity index (χ2v) is 5.93. The molecular formula is C20H20F2N2O2. The number of alkyl halides is 2. The van der Waals surface area contributed by atoms with E-state index in [-0.39, 0.29) is 11.7 Å². The number of para-hydroxylation sites is 1. The van der Waals surface area contributed by atoms with E-state index < -0.39 is 6.61 Å². The van der Waals surface area contributed by atoms with Gasteiger partial charge in [0.05, 0.1) is 0 Å². The first-order chi connectivity index (χ1) is 12.6. The van der Waals surface area contributed by atoms with Gasteiger partial charge in [-0.25, -0.2) is 0 Å². The summed E-state index contributed by atoms with van der Waals surface area (Å²) >= 11 is 0. The first-order valence-electron chi connectivity index (χ1n) is 8.44. The molecule has 26 heavy (non-hydrogen) atoms. The summed E-state index contributed by atoms with van der Waals surface area (Å²) < 4.78 is 28.6. The number of carbonyl (C=O) groups is 1. The number of rotatable bonds is 5. The first-order valence-corrected chi connectivity index (χ1v) is 8.44. The topological polar surface area (TPSA) is 32.8 Å². The van der Waals surface area contributed by atoms with Crippen LogP contribution in [0.5, 0.6) is 5.75 Å². The summed E-state index contributed by atoms with van der Waals surface area (Å²) in [5, 5.41) is 0. The van der Waals surface area contributed by atoms with E-state index in [0.29, 0.717) is 13.1 Å². The predicted octanol–water partition coefficient (Wildman–Crippen LogP) is 3.65. The molecule has 2 aromatic rings. The Kier molecular flexibility index (Phi) is 5.84. The van der Waals surface area contributed by atoms with Crippen molar-refractivity contribution >= 4 is 17.7 Å². The van der Waals surface area contributed by atoms with Crippen molar-refractivity contribution in [2.24, 2.45) is 0 Å². The molecule has 1 saturated heterocycles. The summed E-state index contributed by atoms with van der Waals surface area (Å²) in [7, 11) is 0. The molecule has 136 valence electrons. The van der Waals surface area contributed by atoms with Crippen LogP contribution in [0.15, 0.2) is 60.7 Å². The Bertz CT molecular complexity index is 740. The fraction of sp³-hybridized carbons (Fsp3) is 0.250. The maximum atomic E-state index is 12.3. The number of hydrogen-bond acceptors (Lipinski definition) is 3. The van der Waals surface area contributed by atoms with E-state index in [1.54, 1.807) is 18.2 Å². The lowest BCUT2D eigenvalue weighted by atomic mass is 10.2. The van der Waals surface area contributed by atoms with Crippen LogP contribution in [0.1, 0.15) is 5.56 Å². The Morgan fingerprint density at radius 3 is 2.23 bits per heavy atom. The van der Waals surface area contributed by atoms with E-state index in [9.17, 15) is 13.6 Å². The summed E-state index contributed by atoms with van der Waals surface area (Å²) in [6, 6.07) is 16.3. The molecule has 1 fully saturated rings. The Morgan fingerprint density at radius 2 is 1.62 bits per heavy atom. The van der Waals surface area contributed by atoms with E-state index in [2.05, 4.69) is 21.8 Å². The van der Waals surface area contributed by atoms with Gasteiger partial charge in [-0.05, 0) is 35.9 Å². The summed E-state index contributed by atoms with van der Waals surface area (Å²) in [6.07, 6.45) is 3.19. The fourth-order valence-corrected chi connectivity index (χ4v) is 2.86. The normalized spacial score (nSPS) is 14.9. The van der Waals surface area contributed by atoms with Gasteiger partial charge in [0, 0.05) is 37.9 Å². The van der Waals surface area contributed by atoms with Crippen molar-refractivity contribution in [3.8, 4) is 5.75 Å². The van der Waals surface area contributed by atoms with Crippen LogP contribution >= 0.6 is 0 Å². The number of amides is 1. The van der Waals surface area contributed by atoms with Crippen molar-refractivity contribution in [1.29, 1.82) is 0 Å². The fourth-order valence-electron chi connectivity index (χ4n) is 2.86. The van der Waals surface area contributed by atoms with E-state index in [1.165, 1.54) is 23.9 Å². The molecule has 0 saturated carbocycles. The third-order valence-electron chi connectivity index (χ3n) is 4.24. The summed E-state index contributed by atoms with van der Waals surface area (Å²) in [5.74, 6) is 0.0473. The molecule has 0 spiro atoms. The molecule has 0 radical (unpaired) electrons. The number of ether oxygens (including phenoxy) is 1. The van der Waals surface area contributed by atoms with E-state index >= 15 is 0 Å². The Hall–Kier alpha value is -2.89. The van der Waals surface area contributed by atoms with Crippen molar-refractivity contribution in [2.45, 2.75) is 6.61 Å². The molecule has 2 aromatic carbocycles. The predicted molar refractivity (Wildman–Crippen MR) is 97.3 cm³/mol. The van der Waals surface area contributed by atoms with Crippen molar-refractivity contribution in [3.05, 3.63) is 66.2 Å². The highest BCUT2D eigenvalue weighted by atomic mass is 19.3. The lowest BCUT2D eigenvalue weighted by molar-refractivity contribution is -0.126. The first kappa shape index (κ1) is 17.9. The number of hydrogen-bond donors (Lipinski definition) is 0. The molecule has 6 heteroatoms. The number of carbonyl (C=O) groups excluding carboxylic acids is 1. The lowest BCUT2D eigenvalue weighted by Gasteiger charge is -2.35. The molecule has 3 rings (SSSR count). The van der Waals surface area contributed by atoms with Crippen LogP contribution < -0.4 is 9.64 Å². The SMILES string of the molecule is O=C(/C=C/c1ccc(OC(F)F)cc1)N1CCN(c2ccccc2)CC1. The van der Waals surface area contributed by atoms with Gasteiger partial charge in [-0.15, -0.1) is 0 Å². The van der Waals surface area contributed by atoms with Crippen LogP contribution in [-0.4, -0.2) is 43.6 Å².